The van der Waals surface area contributed by atoms with Gasteiger partial charge in [0.1, 0.15) is 0 Å². The Balaban J connectivity index is 1.99. The summed E-state index contributed by atoms with van der Waals surface area (Å²) in [5.74, 6) is -0.762. The van der Waals surface area contributed by atoms with E-state index in [2.05, 4.69) is 0 Å². The first kappa shape index (κ1) is 20.4. The first-order chi connectivity index (χ1) is 14.5. The number of ether oxygens (including phenoxy) is 2. The number of halogens is 1. The number of aromatic nitrogens is 1. The van der Waals surface area contributed by atoms with E-state index in [4.69, 9.17) is 26.1 Å². The Labute approximate surface area is 180 Å². The van der Waals surface area contributed by atoms with E-state index in [0.717, 1.165) is 33.3 Å². The van der Waals surface area contributed by atoms with Crippen LogP contribution in [0.15, 0.2) is 48.5 Å². The molecule has 0 aliphatic heterocycles. The lowest BCUT2D eigenvalue weighted by Crippen LogP contribution is -2.33. The summed E-state index contributed by atoms with van der Waals surface area (Å²) in [6, 6.07) is 15.3. The van der Waals surface area contributed by atoms with Crippen LogP contribution in [0.25, 0.3) is 22.2 Å². The molecule has 0 fully saturated rings. The standard InChI is InChI=1S/C24H22ClNO4/c1-3-29-21(27)13-24(14-22(28)30-4-2)18-12-16(25)9-10-17(18)23-19(24)11-15-7-5-6-8-20(15)26-23/h5-12H,3-4,13-14H2,1-2H3. The van der Waals surface area contributed by atoms with Gasteiger partial charge in [-0.2, -0.15) is 0 Å². The molecule has 154 valence electrons. The van der Waals surface area contributed by atoms with E-state index in [1.165, 1.54) is 0 Å². The smallest absolute Gasteiger partial charge is 0.307 e. The summed E-state index contributed by atoms with van der Waals surface area (Å²) in [6.45, 7) is 4.05. The minimum Gasteiger partial charge on any atom is -0.466 e. The maximum absolute atomic E-state index is 12.7. The van der Waals surface area contributed by atoms with E-state index in [1.807, 2.05) is 42.5 Å². The van der Waals surface area contributed by atoms with Crippen molar-refractivity contribution in [1.82, 2.24) is 4.98 Å². The second kappa shape index (κ2) is 8.07. The van der Waals surface area contributed by atoms with Gasteiger partial charge in [-0.3, -0.25) is 9.59 Å². The van der Waals surface area contributed by atoms with Gasteiger partial charge in [0.25, 0.3) is 0 Å². The lowest BCUT2D eigenvalue weighted by Gasteiger charge is -2.30. The van der Waals surface area contributed by atoms with Crippen molar-refractivity contribution in [2.75, 3.05) is 13.2 Å². The first-order valence-electron chi connectivity index (χ1n) is 10.0. The summed E-state index contributed by atoms with van der Waals surface area (Å²) in [5, 5.41) is 1.47. The van der Waals surface area contributed by atoms with E-state index in [-0.39, 0.29) is 38.0 Å². The normalized spacial score (nSPS) is 13.6. The minimum absolute atomic E-state index is 0.0000166. The van der Waals surface area contributed by atoms with Gasteiger partial charge in [0.2, 0.25) is 0 Å². The average Bonchev–Trinajstić information content (AvgIpc) is 2.95. The predicted octanol–water partition coefficient (Wildman–Crippen LogP) is 5.06. The SMILES string of the molecule is CCOC(=O)CC1(CC(=O)OCC)c2cc(Cl)ccc2-c2nc3ccccc3cc21. The Kier molecular flexibility index (Phi) is 5.48. The molecule has 0 saturated heterocycles. The van der Waals surface area contributed by atoms with E-state index in [1.54, 1.807) is 19.9 Å². The van der Waals surface area contributed by atoms with E-state index in [0.29, 0.717) is 5.02 Å². The fourth-order valence-corrected chi connectivity index (χ4v) is 4.48. The number of hydrogen-bond acceptors (Lipinski definition) is 5. The number of para-hydroxylation sites is 1. The fourth-order valence-electron chi connectivity index (χ4n) is 4.31. The highest BCUT2D eigenvalue weighted by molar-refractivity contribution is 6.30. The highest BCUT2D eigenvalue weighted by atomic mass is 35.5. The molecular weight excluding hydrogens is 402 g/mol. The van der Waals surface area contributed by atoms with Gasteiger partial charge in [-0.25, -0.2) is 4.98 Å². The summed E-state index contributed by atoms with van der Waals surface area (Å²) in [5.41, 5.74) is 3.14. The molecule has 30 heavy (non-hydrogen) atoms. The molecule has 1 aliphatic rings. The van der Waals surface area contributed by atoms with Crippen LogP contribution in [0.4, 0.5) is 0 Å². The lowest BCUT2D eigenvalue weighted by atomic mass is 9.73. The lowest BCUT2D eigenvalue weighted by molar-refractivity contribution is -0.147. The molecule has 2 aromatic carbocycles. The summed E-state index contributed by atoms with van der Waals surface area (Å²) >= 11 is 6.34. The van der Waals surface area contributed by atoms with Crippen molar-refractivity contribution >= 4 is 34.4 Å². The topological polar surface area (TPSA) is 65.5 Å². The number of carbonyl (C=O) groups excluding carboxylic acids is 2. The third-order valence-corrected chi connectivity index (χ3v) is 5.73. The summed E-state index contributed by atoms with van der Waals surface area (Å²) in [6.07, 6.45) is 0.0000332. The van der Waals surface area contributed by atoms with Crippen LogP contribution in [0, 0.1) is 0 Å². The molecule has 0 bridgehead atoms. The number of hydrogen-bond donors (Lipinski definition) is 0. The molecule has 6 heteroatoms. The molecule has 0 radical (unpaired) electrons. The van der Waals surface area contributed by atoms with Gasteiger partial charge >= 0.3 is 11.9 Å². The molecule has 0 saturated carbocycles. The monoisotopic (exact) mass is 423 g/mol. The van der Waals surface area contributed by atoms with Crippen molar-refractivity contribution in [3.05, 3.63) is 64.7 Å². The van der Waals surface area contributed by atoms with Gasteiger partial charge in [-0.1, -0.05) is 35.9 Å². The third-order valence-electron chi connectivity index (χ3n) is 5.49. The number of fused-ring (bicyclic) bond motifs is 4. The number of carbonyl (C=O) groups is 2. The summed E-state index contributed by atoms with van der Waals surface area (Å²) < 4.78 is 10.5. The molecule has 3 aromatic rings. The molecular formula is C24H22ClNO4. The van der Waals surface area contributed by atoms with E-state index < -0.39 is 5.41 Å². The average molecular weight is 424 g/mol. The Morgan fingerprint density at radius 1 is 0.933 bits per heavy atom. The highest BCUT2D eigenvalue weighted by Crippen LogP contribution is 2.53. The molecule has 5 nitrogen and oxygen atoms in total. The summed E-state index contributed by atoms with van der Waals surface area (Å²) in [4.78, 5) is 30.2. The first-order valence-corrected chi connectivity index (χ1v) is 10.4. The van der Waals surface area contributed by atoms with Crippen molar-refractivity contribution in [1.29, 1.82) is 0 Å². The molecule has 0 N–H and O–H groups in total. The zero-order valence-electron chi connectivity index (χ0n) is 16.9. The third kappa shape index (κ3) is 3.43. The molecule has 1 aliphatic carbocycles. The zero-order valence-corrected chi connectivity index (χ0v) is 17.7. The van der Waals surface area contributed by atoms with Crippen LogP contribution < -0.4 is 0 Å². The molecule has 0 amide bonds. The molecule has 1 aromatic heterocycles. The zero-order chi connectivity index (χ0) is 21.3. The van der Waals surface area contributed by atoms with Crippen LogP contribution in [-0.4, -0.2) is 30.1 Å². The van der Waals surface area contributed by atoms with Crippen molar-refractivity contribution in [2.24, 2.45) is 0 Å². The fraction of sp³-hybridized carbons (Fsp3) is 0.292. The molecule has 1 heterocycles. The maximum Gasteiger partial charge on any atom is 0.307 e. The van der Waals surface area contributed by atoms with Crippen LogP contribution in [0.2, 0.25) is 5.02 Å². The Hall–Kier alpha value is -2.92. The number of pyridine rings is 1. The van der Waals surface area contributed by atoms with Crippen LogP contribution >= 0.6 is 11.6 Å². The van der Waals surface area contributed by atoms with Gasteiger partial charge in [-0.15, -0.1) is 0 Å². The number of nitrogens with zero attached hydrogens (tertiary/aromatic N) is 1. The van der Waals surface area contributed by atoms with Gasteiger partial charge in [0.05, 0.1) is 37.3 Å². The van der Waals surface area contributed by atoms with Crippen molar-refractivity contribution < 1.29 is 19.1 Å². The predicted molar refractivity (Wildman–Crippen MR) is 115 cm³/mol. The molecule has 0 spiro atoms. The number of esters is 2. The van der Waals surface area contributed by atoms with Crippen LogP contribution in [-0.2, 0) is 24.5 Å². The van der Waals surface area contributed by atoms with Crippen LogP contribution in [0.5, 0.6) is 0 Å². The maximum atomic E-state index is 12.7. The number of benzene rings is 2. The van der Waals surface area contributed by atoms with Crippen LogP contribution in [0.3, 0.4) is 0 Å². The van der Waals surface area contributed by atoms with Crippen molar-refractivity contribution in [2.45, 2.75) is 32.1 Å². The van der Waals surface area contributed by atoms with Gasteiger partial charge < -0.3 is 9.47 Å². The Bertz CT molecular complexity index is 1120. The number of rotatable bonds is 6. The van der Waals surface area contributed by atoms with Crippen molar-refractivity contribution in [3.63, 3.8) is 0 Å². The minimum atomic E-state index is -0.953. The van der Waals surface area contributed by atoms with E-state index in [9.17, 15) is 9.59 Å². The summed E-state index contributed by atoms with van der Waals surface area (Å²) in [7, 11) is 0. The quantitative estimate of drug-likeness (QED) is 0.518. The van der Waals surface area contributed by atoms with E-state index >= 15 is 0 Å². The van der Waals surface area contributed by atoms with Gasteiger partial charge in [0.15, 0.2) is 0 Å². The van der Waals surface area contributed by atoms with Gasteiger partial charge in [-0.05, 0) is 49.2 Å². The van der Waals surface area contributed by atoms with Gasteiger partial charge in [0, 0.05) is 21.4 Å². The van der Waals surface area contributed by atoms with Crippen LogP contribution in [0.1, 0.15) is 37.8 Å². The molecule has 4 rings (SSSR count). The Morgan fingerprint density at radius 2 is 1.60 bits per heavy atom. The van der Waals surface area contributed by atoms with Crippen molar-refractivity contribution in [3.8, 4) is 11.3 Å². The Morgan fingerprint density at radius 3 is 2.27 bits per heavy atom. The molecule has 0 atom stereocenters. The largest absolute Gasteiger partial charge is 0.466 e. The second-order valence-corrected chi connectivity index (χ2v) is 7.75. The second-order valence-electron chi connectivity index (χ2n) is 7.31. The molecule has 0 unspecified atom stereocenters. The highest BCUT2D eigenvalue weighted by Gasteiger charge is 2.48.